The van der Waals surface area contributed by atoms with Crippen molar-refractivity contribution in [2.24, 2.45) is 7.05 Å². The zero-order valence-electron chi connectivity index (χ0n) is 11.4. The van der Waals surface area contributed by atoms with Crippen LogP contribution in [0.25, 0.3) is 6.08 Å². The molecule has 0 aliphatic carbocycles. The predicted molar refractivity (Wildman–Crippen MR) is 80.3 cm³/mol. The Morgan fingerprint density at radius 1 is 1.45 bits per heavy atom. The number of aromatic nitrogens is 2. The lowest BCUT2D eigenvalue weighted by atomic mass is 10.2. The zero-order valence-corrected chi connectivity index (χ0v) is 12.2. The molecule has 20 heavy (non-hydrogen) atoms. The molecule has 5 heteroatoms. The number of aryl methyl sites for hydroxylation is 2. The van der Waals surface area contributed by atoms with Crippen molar-refractivity contribution in [1.82, 2.24) is 15.1 Å². The van der Waals surface area contributed by atoms with Crippen molar-refractivity contribution in [3.8, 4) is 0 Å². The number of benzene rings is 1. The van der Waals surface area contributed by atoms with Gasteiger partial charge >= 0.3 is 0 Å². The van der Waals surface area contributed by atoms with E-state index in [4.69, 9.17) is 11.6 Å². The molecule has 0 aliphatic rings. The lowest BCUT2D eigenvalue weighted by Crippen LogP contribution is -2.20. The molecule has 0 radical (unpaired) electrons. The van der Waals surface area contributed by atoms with Crippen LogP contribution in [0.2, 0.25) is 5.02 Å². The van der Waals surface area contributed by atoms with Gasteiger partial charge in [0, 0.05) is 23.8 Å². The Bertz CT molecular complexity index is 627. The van der Waals surface area contributed by atoms with E-state index in [-0.39, 0.29) is 5.91 Å². The first-order valence-electron chi connectivity index (χ1n) is 6.26. The maximum Gasteiger partial charge on any atom is 0.244 e. The van der Waals surface area contributed by atoms with Gasteiger partial charge in [0.05, 0.1) is 12.2 Å². The first-order chi connectivity index (χ1) is 9.56. The van der Waals surface area contributed by atoms with Crippen molar-refractivity contribution in [3.63, 3.8) is 0 Å². The highest BCUT2D eigenvalue weighted by atomic mass is 35.5. The monoisotopic (exact) mass is 289 g/mol. The van der Waals surface area contributed by atoms with Crippen LogP contribution in [-0.4, -0.2) is 15.7 Å². The van der Waals surface area contributed by atoms with Gasteiger partial charge in [-0.05, 0) is 30.7 Å². The second kappa shape index (κ2) is 6.39. The highest BCUT2D eigenvalue weighted by Crippen LogP contribution is 2.15. The number of amides is 1. The van der Waals surface area contributed by atoms with Gasteiger partial charge in [-0.25, -0.2) is 0 Å². The molecular weight excluding hydrogens is 274 g/mol. The van der Waals surface area contributed by atoms with E-state index >= 15 is 0 Å². The molecule has 104 valence electrons. The standard InChI is InChI=1S/C15H16ClN3O/c1-11-9-13(18-19(11)2)10-17-15(20)8-7-12-5-3-4-6-14(12)16/h3-9H,10H2,1-2H3,(H,17,20)/b8-7+. The maximum atomic E-state index is 11.7. The van der Waals surface area contributed by atoms with Gasteiger partial charge in [-0.2, -0.15) is 5.10 Å². The summed E-state index contributed by atoms with van der Waals surface area (Å²) in [6.07, 6.45) is 3.17. The molecule has 1 aromatic heterocycles. The Labute approximate surface area is 123 Å². The summed E-state index contributed by atoms with van der Waals surface area (Å²) in [5.41, 5.74) is 2.71. The van der Waals surface area contributed by atoms with Crippen molar-refractivity contribution in [2.45, 2.75) is 13.5 Å². The molecule has 1 aromatic carbocycles. The van der Waals surface area contributed by atoms with Crippen molar-refractivity contribution < 1.29 is 4.79 Å². The first-order valence-corrected chi connectivity index (χ1v) is 6.64. The lowest BCUT2D eigenvalue weighted by Gasteiger charge is -1.99. The van der Waals surface area contributed by atoms with E-state index in [9.17, 15) is 4.79 Å². The average molecular weight is 290 g/mol. The molecular formula is C15H16ClN3O. The largest absolute Gasteiger partial charge is 0.347 e. The molecule has 0 atom stereocenters. The minimum absolute atomic E-state index is 0.173. The molecule has 0 saturated heterocycles. The zero-order chi connectivity index (χ0) is 14.5. The molecule has 1 N–H and O–H groups in total. The van der Waals surface area contributed by atoms with Gasteiger partial charge in [-0.3, -0.25) is 9.48 Å². The normalized spacial score (nSPS) is 10.9. The number of carbonyl (C=O) groups excluding carboxylic acids is 1. The fraction of sp³-hybridized carbons (Fsp3) is 0.200. The summed E-state index contributed by atoms with van der Waals surface area (Å²) in [5, 5.41) is 7.68. The molecule has 1 heterocycles. The van der Waals surface area contributed by atoms with E-state index in [0.717, 1.165) is 17.0 Å². The Morgan fingerprint density at radius 3 is 2.85 bits per heavy atom. The molecule has 2 aromatic rings. The van der Waals surface area contributed by atoms with Crippen LogP contribution in [0, 0.1) is 6.92 Å². The van der Waals surface area contributed by atoms with Gasteiger partial charge in [0.25, 0.3) is 0 Å². The highest BCUT2D eigenvalue weighted by molar-refractivity contribution is 6.32. The molecule has 0 saturated carbocycles. The minimum atomic E-state index is -0.173. The Balaban J connectivity index is 1.91. The van der Waals surface area contributed by atoms with Crippen molar-refractivity contribution in [2.75, 3.05) is 0 Å². The van der Waals surface area contributed by atoms with Gasteiger partial charge < -0.3 is 5.32 Å². The van der Waals surface area contributed by atoms with Crippen LogP contribution in [0.5, 0.6) is 0 Å². The summed E-state index contributed by atoms with van der Waals surface area (Å²) < 4.78 is 1.78. The Kier molecular flexibility index (Phi) is 4.58. The van der Waals surface area contributed by atoms with Crippen LogP contribution >= 0.6 is 11.6 Å². The van der Waals surface area contributed by atoms with Gasteiger partial charge in [-0.1, -0.05) is 29.8 Å². The predicted octanol–water partition coefficient (Wildman–Crippen LogP) is 2.71. The van der Waals surface area contributed by atoms with Crippen LogP contribution in [0.15, 0.2) is 36.4 Å². The lowest BCUT2D eigenvalue weighted by molar-refractivity contribution is -0.116. The summed E-state index contributed by atoms with van der Waals surface area (Å²) >= 11 is 6.01. The number of hydrogen-bond acceptors (Lipinski definition) is 2. The number of carbonyl (C=O) groups is 1. The number of halogens is 1. The van der Waals surface area contributed by atoms with E-state index in [2.05, 4.69) is 10.4 Å². The maximum absolute atomic E-state index is 11.7. The SMILES string of the molecule is Cc1cc(CNC(=O)/C=C/c2ccccc2Cl)nn1C. The van der Waals surface area contributed by atoms with Gasteiger partial charge in [0.15, 0.2) is 0 Å². The highest BCUT2D eigenvalue weighted by Gasteiger charge is 2.02. The van der Waals surface area contributed by atoms with Gasteiger partial charge in [0.2, 0.25) is 5.91 Å². The number of hydrogen-bond donors (Lipinski definition) is 1. The van der Waals surface area contributed by atoms with Crippen LogP contribution in [0.1, 0.15) is 17.0 Å². The molecule has 4 nitrogen and oxygen atoms in total. The summed E-state index contributed by atoms with van der Waals surface area (Å²) in [6.45, 7) is 2.38. The summed E-state index contributed by atoms with van der Waals surface area (Å²) in [5.74, 6) is -0.173. The van der Waals surface area contributed by atoms with E-state index < -0.39 is 0 Å². The smallest absolute Gasteiger partial charge is 0.244 e. The molecule has 0 bridgehead atoms. The summed E-state index contributed by atoms with van der Waals surface area (Å²) in [6, 6.07) is 9.31. The quantitative estimate of drug-likeness (QED) is 0.880. The van der Waals surface area contributed by atoms with Crippen molar-refractivity contribution in [3.05, 3.63) is 58.4 Å². The third-order valence-corrected chi connectivity index (χ3v) is 3.27. The molecule has 0 aliphatic heterocycles. The molecule has 0 fully saturated rings. The Morgan fingerprint density at radius 2 is 2.20 bits per heavy atom. The minimum Gasteiger partial charge on any atom is -0.347 e. The molecule has 0 unspecified atom stereocenters. The number of nitrogens with one attached hydrogen (secondary N) is 1. The van der Waals surface area contributed by atoms with Crippen LogP contribution in [-0.2, 0) is 18.4 Å². The number of nitrogens with zero attached hydrogens (tertiary/aromatic N) is 2. The Hall–Kier alpha value is -2.07. The van der Waals surface area contributed by atoms with Gasteiger partial charge in [0.1, 0.15) is 0 Å². The van der Waals surface area contributed by atoms with Gasteiger partial charge in [-0.15, -0.1) is 0 Å². The third kappa shape index (κ3) is 3.71. The number of rotatable bonds is 4. The molecule has 0 spiro atoms. The molecule has 2 rings (SSSR count). The molecule has 1 amide bonds. The summed E-state index contributed by atoms with van der Waals surface area (Å²) in [7, 11) is 1.87. The van der Waals surface area contributed by atoms with Crippen LogP contribution in [0.3, 0.4) is 0 Å². The third-order valence-electron chi connectivity index (χ3n) is 2.93. The average Bonchev–Trinajstić information content (AvgIpc) is 2.75. The van der Waals surface area contributed by atoms with Crippen LogP contribution in [0.4, 0.5) is 0 Å². The fourth-order valence-electron chi connectivity index (χ4n) is 1.73. The second-order valence-electron chi connectivity index (χ2n) is 4.47. The second-order valence-corrected chi connectivity index (χ2v) is 4.88. The fourth-order valence-corrected chi connectivity index (χ4v) is 1.93. The van der Waals surface area contributed by atoms with E-state index in [1.54, 1.807) is 16.8 Å². The van der Waals surface area contributed by atoms with E-state index in [0.29, 0.717) is 11.6 Å². The van der Waals surface area contributed by atoms with E-state index in [1.807, 2.05) is 38.2 Å². The topological polar surface area (TPSA) is 46.9 Å². The first kappa shape index (κ1) is 14.3. The summed E-state index contributed by atoms with van der Waals surface area (Å²) in [4.78, 5) is 11.7. The van der Waals surface area contributed by atoms with Crippen molar-refractivity contribution >= 4 is 23.6 Å². The van der Waals surface area contributed by atoms with E-state index in [1.165, 1.54) is 6.08 Å². The van der Waals surface area contributed by atoms with Crippen molar-refractivity contribution in [1.29, 1.82) is 0 Å². The van der Waals surface area contributed by atoms with Crippen LogP contribution < -0.4 is 5.32 Å².